The van der Waals surface area contributed by atoms with Crippen LogP contribution in [0.15, 0.2) is 28.1 Å². The van der Waals surface area contributed by atoms with Crippen molar-refractivity contribution in [2.24, 2.45) is 5.92 Å². The predicted molar refractivity (Wildman–Crippen MR) is 70.8 cm³/mol. The molecule has 1 atom stereocenters. The van der Waals surface area contributed by atoms with Gasteiger partial charge in [-0.2, -0.15) is 0 Å². The van der Waals surface area contributed by atoms with E-state index in [0.29, 0.717) is 19.5 Å². The van der Waals surface area contributed by atoms with E-state index in [9.17, 15) is 4.79 Å². The Morgan fingerprint density at radius 3 is 3.21 bits per heavy atom. The second-order valence-corrected chi connectivity index (χ2v) is 5.67. The summed E-state index contributed by atoms with van der Waals surface area (Å²) in [5.41, 5.74) is 0.856. The third-order valence-corrected chi connectivity index (χ3v) is 4.21. The zero-order chi connectivity index (χ0) is 13.2. The van der Waals surface area contributed by atoms with Gasteiger partial charge in [-0.15, -0.1) is 11.3 Å². The van der Waals surface area contributed by atoms with Gasteiger partial charge >= 0.3 is 5.97 Å². The summed E-state index contributed by atoms with van der Waals surface area (Å²) in [5, 5.41) is 15.0. The smallest absolute Gasteiger partial charge is 0.307 e. The number of carboxylic acids is 1. The number of likely N-dealkylation sites (tertiary alicyclic amines) is 1. The standard InChI is InChI=1S/C13H14N2O3S/c16-13(17)9-3-4-15(7-9)8-10-6-11(18-14-10)12-2-1-5-19-12/h1-2,5-6,9H,3-4,7-8H2,(H,16,17)/t9-/m0/s1. The number of hydrogen-bond donors (Lipinski definition) is 1. The van der Waals surface area contributed by atoms with Gasteiger partial charge in [-0.3, -0.25) is 9.69 Å². The van der Waals surface area contributed by atoms with Crippen molar-refractivity contribution in [3.05, 3.63) is 29.3 Å². The maximum absolute atomic E-state index is 10.9. The molecule has 1 aliphatic heterocycles. The molecule has 0 radical (unpaired) electrons. The van der Waals surface area contributed by atoms with Crippen LogP contribution in [0.1, 0.15) is 12.1 Å². The highest BCUT2D eigenvalue weighted by atomic mass is 32.1. The van der Waals surface area contributed by atoms with Crippen LogP contribution in [-0.4, -0.2) is 34.2 Å². The van der Waals surface area contributed by atoms with Crippen LogP contribution < -0.4 is 0 Å². The molecule has 100 valence electrons. The highest BCUT2D eigenvalue weighted by Gasteiger charge is 2.28. The topological polar surface area (TPSA) is 66.6 Å². The molecule has 1 fully saturated rings. The SMILES string of the molecule is O=C(O)[C@H]1CCN(Cc2cc(-c3cccs3)on2)C1. The molecular weight excluding hydrogens is 264 g/mol. The normalized spacial score (nSPS) is 19.9. The van der Waals surface area contributed by atoms with Gasteiger partial charge in [-0.05, 0) is 24.4 Å². The first-order valence-corrected chi connectivity index (χ1v) is 7.05. The molecule has 19 heavy (non-hydrogen) atoms. The average molecular weight is 278 g/mol. The second kappa shape index (κ2) is 5.14. The van der Waals surface area contributed by atoms with E-state index in [1.807, 2.05) is 23.6 Å². The Hall–Kier alpha value is -1.66. The Balaban J connectivity index is 1.64. The van der Waals surface area contributed by atoms with E-state index in [0.717, 1.165) is 22.9 Å². The number of aliphatic carboxylic acids is 1. The van der Waals surface area contributed by atoms with Crippen LogP contribution in [0.3, 0.4) is 0 Å². The quantitative estimate of drug-likeness (QED) is 0.929. The maximum Gasteiger partial charge on any atom is 0.307 e. The number of carboxylic acid groups (broad SMARTS) is 1. The Bertz CT molecular complexity index is 564. The minimum absolute atomic E-state index is 0.247. The molecule has 2 aromatic rings. The van der Waals surface area contributed by atoms with Gasteiger partial charge in [0.05, 0.1) is 16.5 Å². The molecule has 0 aromatic carbocycles. The van der Waals surface area contributed by atoms with E-state index >= 15 is 0 Å². The van der Waals surface area contributed by atoms with Crippen LogP contribution in [0, 0.1) is 5.92 Å². The third kappa shape index (κ3) is 2.69. The van der Waals surface area contributed by atoms with E-state index in [4.69, 9.17) is 9.63 Å². The van der Waals surface area contributed by atoms with E-state index < -0.39 is 5.97 Å². The minimum atomic E-state index is -0.707. The lowest BCUT2D eigenvalue weighted by atomic mass is 10.1. The first-order chi connectivity index (χ1) is 9.22. The fourth-order valence-electron chi connectivity index (χ4n) is 2.33. The molecule has 3 rings (SSSR count). The van der Waals surface area contributed by atoms with Crippen molar-refractivity contribution >= 4 is 17.3 Å². The minimum Gasteiger partial charge on any atom is -0.481 e. The van der Waals surface area contributed by atoms with Crippen LogP contribution in [0.5, 0.6) is 0 Å². The van der Waals surface area contributed by atoms with Crippen molar-refractivity contribution in [2.75, 3.05) is 13.1 Å². The molecule has 5 nitrogen and oxygen atoms in total. The van der Waals surface area contributed by atoms with Crippen LogP contribution in [0.4, 0.5) is 0 Å². The molecule has 3 heterocycles. The van der Waals surface area contributed by atoms with Gasteiger partial charge in [0.1, 0.15) is 0 Å². The van der Waals surface area contributed by atoms with Crippen molar-refractivity contribution < 1.29 is 14.4 Å². The molecule has 0 spiro atoms. The van der Waals surface area contributed by atoms with Gasteiger partial charge in [-0.25, -0.2) is 0 Å². The Kier molecular flexibility index (Phi) is 3.35. The summed E-state index contributed by atoms with van der Waals surface area (Å²) in [7, 11) is 0. The number of hydrogen-bond acceptors (Lipinski definition) is 5. The van der Waals surface area contributed by atoms with Gasteiger partial charge in [0.25, 0.3) is 0 Å². The first-order valence-electron chi connectivity index (χ1n) is 6.17. The second-order valence-electron chi connectivity index (χ2n) is 4.72. The lowest BCUT2D eigenvalue weighted by molar-refractivity contribution is -0.141. The molecule has 6 heteroatoms. The third-order valence-electron chi connectivity index (χ3n) is 3.33. The number of carbonyl (C=O) groups is 1. The summed E-state index contributed by atoms with van der Waals surface area (Å²) in [6.07, 6.45) is 0.713. The molecule has 1 saturated heterocycles. The summed E-state index contributed by atoms with van der Waals surface area (Å²) in [6, 6.07) is 5.89. The summed E-state index contributed by atoms with van der Waals surface area (Å²) in [4.78, 5) is 14.1. The largest absolute Gasteiger partial charge is 0.481 e. The Labute approximate surface area is 114 Å². The summed E-state index contributed by atoms with van der Waals surface area (Å²) < 4.78 is 5.31. The zero-order valence-electron chi connectivity index (χ0n) is 10.3. The van der Waals surface area contributed by atoms with E-state index in [-0.39, 0.29) is 5.92 Å². The van der Waals surface area contributed by atoms with Crippen molar-refractivity contribution in [1.29, 1.82) is 0 Å². The molecule has 0 unspecified atom stereocenters. The fraction of sp³-hybridized carbons (Fsp3) is 0.385. The molecule has 0 bridgehead atoms. The molecule has 2 aromatic heterocycles. The van der Waals surface area contributed by atoms with E-state index in [1.54, 1.807) is 11.3 Å². The average Bonchev–Trinajstić information content (AvgIpc) is 3.09. The summed E-state index contributed by atoms with van der Waals surface area (Å²) in [6.45, 7) is 2.05. The Morgan fingerprint density at radius 2 is 2.53 bits per heavy atom. The molecule has 0 amide bonds. The lowest BCUT2D eigenvalue weighted by Crippen LogP contribution is -2.22. The van der Waals surface area contributed by atoms with Crippen LogP contribution in [0.25, 0.3) is 10.6 Å². The van der Waals surface area contributed by atoms with Gasteiger partial charge in [-0.1, -0.05) is 11.2 Å². The number of rotatable bonds is 4. The van der Waals surface area contributed by atoms with Crippen LogP contribution in [0.2, 0.25) is 0 Å². The van der Waals surface area contributed by atoms with Crippen molar-refractivity contribution in [3.63, 3.8) is 0 Å². The molecule has 0 saturated carbocycles. The molecule has 0 aliphatic carbocycles. The van der Waals surface area contributed by atoms with E-state index in [2.05, 4.69) is 10.1 Å². The van der Waals surface area contributed by atoms with Crippen LogP contribution >= 0.6 is 11.3 Å². The highest BCUT2D eigenvalue weighted by molar-refractivity contribution is 7.13. The number of aromatic nitrogens is 1. The van der Waals surface area contributed by atoms with Crippen molar-refractivity contribution in [3.8, 4) is 10.6 Å². The van der Waals surface area contributed by atoms with Gasteiger partial charge < -0.3 is 9.63 Å². The van der Waals surface area contributed by atoms with Crippen LogP contribution in [-0.2, 0) is 11.3 Å². The fourth-order valence-corrected chi connectivity index (χ4v) is 3.00. The van der Waals surface area contributed by atoms with Crippen molar-refractivity contribution in [2.45, 2.75) is 13.0 Å². The monoisotopic (exact) mass is 278 g/mol. The van der Waals surface area contributed by atoms with Crippen molar-refractivity contribution in [1.82, 2.24) is 10.1 Å². The lowest BCUT2D eigenvalue weighted by Gasteiger charge is -2.12. The zero-order valence-corrected chi connectivity index (χ0v) is 11.1. The highest BCUT2D eigenvalue weighted by Crippen LogP contribution is 2.26. The molecule has 1 aliphatic rings. The molecule has 1 N–H and O–H groups in total. The predicted octanol–water partition coefficient (Wildman–Crippen LogP) is 2.31. The molecular formula is C13H14N2O3S. The van der Waals surface area contributed by atoms with E-state index in [1.165, 1.54) is 0 Å². The van der Waals surface area contributed by atoms with Gasteiger partial charge in [0, 0.05) is 19.2 Å². The summed E-state index contributed by atoms with van der Waals surface area (Å²) in [5.74, 6) is -0.176. The number of thiophene rings is 1. The first kappa shape index (κ1) is 12.4. The van der Waals surface area contributed by atoms with Gasteiger partial charge in [0.15, 0.2) is 5.76 Å². The summed E-state index contributed by atoms with van der Waals surface area (Å²) >= 11 is 1.61. The van der Waals surface area contributed by atoms with Gasteiger partial charge in [0.2, 0.25) is 0 Å². The maximum atomic E-state index is 10.9. The number of nitrogens with zero attached hydrogens (tertiary/aromatic N) is 2. The Morgan fingerprint density at radius 1 is 1.63 bits per heavy atom.